The molecular formula is C15H24N2O3S2. The Morgan fingerprint density at radius 3 is 2.91 bits per heavy atom. The van der Waals surface area contributed by atoms with Crippen LogP contribution in [0.3, 0.4) is 0 Å². The Balaban J connectivity index is 2.19. The normalized spacial score (nSPS) is 19.9. The molecule has 1 aliphatic heterocycles. The van der Waals surface area contributed by atoms with Crippen LogP contribution in [-0.4, -0.2) is 49.9 Å². The molecule has 0 bridgehead atoms. The molecule has 0 radical (unpaired) electrons. The van der Waals surface area contributed by atoms with Gasteiger partial charge in [-0.3, -0.25) is 0 Å². The third kappa shape index (κ3) is 3.97. The first-order chi connectivity index (χ1) is 10.5. The predicted octanol–water partition coefficient (Wildman–Crippen LogP) is 2.40. The maximum atomic E-state index is 13.0. The molecule has 1 atom stereocenters. The summed E-state index contributed by atoms with van der Waals surface area (Å²) in [6.07, 6.45) is 3.37. The molecule has 124 valence electrons. The molecule has 1 unspecified atom stereocenters. The average molecular weight is 345 g/mol. The molecule has 1 aromatic rings. The van der Waals surface area contributed by atoms with E-state index in [1.807, 2.05) is 19.1 Å². The van der Waals surface area contributed by atoms with Crippen molar-refractivity contribution in [3.8, 4) is 0 Å². The summed E-state index contributed by atoms with van der Waals surface area (Å²) in [6.45, 7) is 7.43. The van der Waals surface area contributed by atoms with Crippen LogP contribution < -0.4 is 0 Å². The summed E-state index contributed by atoms with van der Waals surface area (Å²) in [6, 6.07) is 3.94. The molecule has 0 saturated carbocycles. The molecule has 1 aromatic heterocycles. The fourth-order valence-electron chi connectivity index (χ4n) is 2.75. The molecule has 1 saturated heterocycles. The number of hydrogen-bond acceptors (Lipinski definition) is 4. The van der Waals surface area contributed by atoms with Crippen molar-refractivity contribution in [3.05, 3.63) is 34.5 Å². The Bertz CT molecular complexity index is 598. The van der Waals surface area contributed by atoms with E-state index in [1.165, 1.54) is 9.18 Å². The minimum atomic E-state index is -3.50. The first-order valence-electron chi connectivity index (χ1n) is 7.41. The Kier molecular flexibility index (Phi) is 6.17. The Morgan fingerprint density at radius 1 is 1.55 bits per heavy atom. The van der Waals surface area contributed by atoms with Crippen molar-refractivity contribution in [2.24, 2.45) is 0 Å². The van der Waals surface area contributed by atoms with Crippen molar-refractivity contribution in [2.45, 2.75) is 32.4 Å². The van der Waals surface area contributed by atoms with E-state index in [0.29, 0.717) is 26.2 Å². The van der Waals surface area contributed by atoms with Gasteiger partial charge < -0.3 is 4.74 Å². The van der Waals surface area contributed by atoms with Crippen LogP contribution in [0.1, 0.15) is 22.6 Å². The first kappa shape index (κ1) is 17.6. The standard InChI is InChI=1S/C15H24N2O3S2/c1-4-9-16(11-15-8-7-13(2)21-15)22(18,19)17-10-5-6-14(17)12-20-3/h4,7-8,14H,1,5-6,9-12H2,2-3H3. The number of ether oxygens (including phenoxy) is 1. The summed E-state index contributed by atoms with van der Waals surface area (Å²) < 4.78 is 34.2. The number of hydrogen-bond donors (Lipinski definition) is 0. The second kappa shape index (κ2) is 7.70. The zero-order valence-electron chi connectivity index (χ0n) is 13.2. The summed E-state index contributed by atoms with van der Waals surface area (Å²) in [4.78, 5) is 2.23. The second-order valence-electron chi connectivity index (χ2n) is 5.46. The number of methoxy groups -OCH3 is 1. The van der Waals surface area contributed by atoms with Crippen LogP contribution in [-0.2, 0) is 21.5 Å². The molecule has 0 aliphatic carbocycles. The van der Waals surface area contributed by atoms with E-state index in [0.717, 1.165) is 17.7 Å². The fourth-order valence-corrected chi connectivity index (χ4v) is 5.53. The second-order valence-corrected chi connectivity index (χ2v) is 8.72. The van der Waals surface area contributed by atoms with Gasteiger partial charge in [0, 0.05) is 42.5 Å². The van der Waals surface area contributed by atoms with E-state index >= 15 is 0 Å². The van der Waals surface area contributed by atoms with Gasteiger partial charge in [0.15, 0.2) is 0 Å². The highest BCUT2D eigenvalue weighted by molar-refractivity contribution is 7.86. The number of rotatable bonds is 8. The number of aryl methyl sites for hydroxylation is 1. The highest BCUT2D eigenvalue weighted by atomic mass is 32.2. The quantitative estimate of drug-likeness (QED) is 0.681. The SMILES string of the molecule is C=CCN(Cc1ccc(C)s1)S(=O)(=O)N1CCCC1COC. The molecule has 0 aromatic carbocycles. The Labute approximate surface area is 137 Å². The zero-order chi connectivity index (χ0) is 16.2. The Hall–Kier alpha value is -0.730. The van der Waals surface area contributed by atoms with Crippen molar-refractivity contribution in [3.63, 3.8) is 0 Å². The molecular weight excluding hydrogens is 320 g/mol. The van der Waals surface area contributed by atoms with Crippen molar-refractivity contribution in [1.29, 1.82) is 0 Å². The molecule has 2 rings (SSSR count). The molecule has 1 fully saturated rings. The monoisotopic (exact) mass is 344 g/mol. The lowest BCUT2D eigenvalue weighted by Crippen LogP contribution is -2.46. The predicted molar refractivity (Wildman–Crippen MR) is 90.2 cm³/mol. The van der Waals surface area contributed by atoms with Gasteiger partial charge in [-0.05, 0) is 31.9 Å². The van der Waals surface area contributed by atoms with Crippen LogP contribution in [0.25, 0.3) is 0 Å². The molecule has 0 N–H and O–H groups in total. The third-order valence-corrected chi connectivity index (χ3v) is 6.76. The summed E-state index contributed by atoms with van der Waals surface area (Å²) in [5, 5.41) is 0. The van der Waals surface area contributed by atoms with Gasteiger partial charge in [-0.1, -0.05) is 6.08 Å². The zero-order valence-corrected chi connectivity index (χ0v) is 14.8. The van der Waals surface area contributed by atoms with Crippen LogP contribution >= 0.6 is 11.3 Å². The molecule has 0 amide bonds. The average Bonchev–Trinajstić information content (AvgIpc) is 3.08. The Morgan fingerprint density at radius 2 is 2.32 bits per heavy atom. The third-order valence-electron chi connectivity index (χ3n) is 3.77. The minimum Gasteiger partial charge on any atom is -0.383 e. The van der Waals surface area contributed by atoms with Gasteiger partial charge in [-0.15, -0.1) is 17.9 Å². The van der Waals surface area contributed by atoms with Gasteiger partial charge >= 0.3 is 0 Å². The van der Waals surface area contributed by atoms with Gasteiger partial charge in [-0.2, -0.15) is 17.0 Å². The minimum absolute atomic E-state index is 0.0626. The maximum absolute atomic E-state index is 13.0. The highest BCUT2D eigenvalue weighted by Gasteiger charge is 2.37. The van der Waals surface area contributed by atoms with Crippen LogP contribution in [0.2, 0.25) is 0 Å². The largest absolute Gasteiger partial charge is 0.383 e. The first-order valence-corrected chi connectivity index (χ1v) is 9.62. The van der Waals surface area contributed by atoms with Crippen molar-refractivity contribution >= 4 is 21.5 Å². The van der Waals surface area contributed by atoms with E-state index < -0.39 is 10.2 Å². The van der Waals surface area contributed by atoms with E-state index in [-0.39, 0.29) is 6.04 Å². The maximum Gasteiger partial charge on any atom is 0.282 e. The molecule has 1 aliphatic rings. The molecule has 2 heterocycles. The van der Waals surface area contributed by atoms with Gasteiger partial charge in [-0.25, -0.2) is 0 Å². The van der Waals surface area contributed by atoms with E-state index in [9.17, 15) is 8.42 Å². The number of thiophene rings is 1. The van der Waals surface area contributed by atoms with Gasteiger partial charge in [0.2, 0.25) is 0 Å². The molecule has 5 nitrogen and oxygen atoms in total. The van der Waals surface area contributed by atoms with E-state index in [4.69, 9.17) is 4.74 Å². The molecule has 0 spiro atoms. The van der Waals surface area contributed by atoms with Gasteiger partial charge in [0.1, 0.15) is 0 Å². The summed E-state index contributed by atoms with van der Waals surface area (Å²) in [5.41, 5.74) is 0. The lowest BCUT2D eigenvalue weighted by atomic mass is 10.2. The van der Waals surface area contributed by atoms with Crippen molar-refractivity contribution in [2.75, 3.05) is 26.8 Å². The van der Waals surface area contributed by atoms with Gasteiger partial charge in [0.05, 0.1) is 6.61 Å². The van der Waals surface area contributed by atoms with Crippen LogP contribution in [0, 0.1) is 6.92 Å². The lowest BCUT2D eigenvalue weighted by Gasteiger charge is -2.30. The van der Waals surface area contributed by atoms with E-state index in [2.05, 4.69) is 6.58 Å². The smallest absolute Gasteiger partial charge is 0.282 e. The van der Waals surface area contributed by atoms with E-state index in [1.54, 1.807) is 28.8 Å². The van der Waals surface area contributed by atoms with Crippen molar-refractivity contribution in [1.82, 2.24) is 8.61 Å². The molecule has 22 heavy (non-hydrogen) atoms. The summed E-state index contributed by atoms with van der Waals surface area (Å²) in [5.74, 6) is 0. The van der Waals surface area contributed by atoms with Gasteiger partial charge in [0.25, 0.3) is 10.2 Å². The van der Waals surface area contributed by atoms with Crippen LogP contribution in [0.5, 0.6) is 0 Å². The number of nitrogens with zero attached hydrogens (tertiary/aromatic N) is 2. The summed E-state index contributed by atoms with van der Waals surface area (Å²) >= 11 is 1.63. The van der Waals surface area contributed by atoms with Crippen molar-refractivity contribution < 1.29 is 13.2 Å². The fraction of sp³-hybridized carbons (Fsp3) is 0.600. The summed E-state index contributed by atoms with van der Waals surface area (Å²) in [7, 11) is -1.89. The van der Waals surface area contributed by atoms with Crippen LogP contribution in [0.15, 0.2) is 24.8 Å². The lowest BCUT2D eigenvalue weighted by molar-refractivity contribution is 0.146. The topological polar surface area (TPSA) is 49.9 Å². The molecule has 7 heteroatoms. The van der Waals surface area contributed by atoms with Crippen LogP contribution in [0.4, 0.5) is 0 Å². The highest BCUT2D eigenvalue weighted by Crippen LogP contribution is 2.26.